The minimum Gasteiger partial charge on any atom is -0.674 e. The van der Waals surface area contributed by atoms with Crippen LogP contribution in [0.1, 0.15) is 5.56 Å². The van der Waals surface area contributed by atoms with Crippen molar-refractivity contribution in [1.82, 2.24) is 0 Å². The maximum absolute atomic E-state index is 12.5. The molecule has 0 saturated carbocycles. The Labute approximate surface area is 85.9 Å². The Morgan fingerprint density at radius 1 is 1.27 bits per heavy atom. The molecule has 0 radical (unpaired) electrons. The van der Waals surface area contributed by atoms with Crippen LogP contribution in [0.25, 0.3) is 5.73 Å². The maximum atomic E-state index is 12.5. The molecular formula is C7H6F2NNa. The molecule has 0 bridgehead atoms. The number of halogens is 2. The van der Waals surface area contributed by atoms with Crippen LogP contribution in [0, 0.1) is 11.6 Å². The van der Waals surface area contributed by atoms with E-state index in [4.69, 9.17) is 5.73 Å². The number of benzene rings is 1. The Bertz CT molecular complexity index is 240. The fraction of sp³-hybridized carbons (Fsp3) is 0.143. The first kappa shape index (κ1) is 11.0. The zero-order valence-electron chi connectivity index (χ0n) is 6.20. The van der Waals surface area contributed by atoms with Crippen LogP contribution in [0.5, 0.6) is 0 Å². The summed E-state index contributed by atoms with van der Waals surface area (Å²) in [6.07, 6.45) is 0. The van der Waals surface area contributed by atoms with E-state index in [9.17, 15) is 8.78 Å². The molecule has 1 aromatic rings. The van der Waals surface area contributed by atoms with Gasteiger partial charge in [0.05, 0.1) is 0 Å². The van der Waals surface area contributed by atoms with Gasteiger partial charge in [0.1, 0.15) is 11.6 Å². The molecule has 11 heavy (non-hydrogen) atoms. The SMILES string of the molecule is [NH-]Cc1ccc(F)cc1F.[Na+]. The molecule has 54 valence electrons. The summed E-state index contributed by atoms with van der Waals surface area (Å²) in [4.78, 5) is 0. The van der Waals surface area contributed by atoms with Gasteiger partial charge in [-0.05, 0) is 11.6 Å². The Morgan fingerprint density at radius 2 is 1.91 bits per heavy atom. The van der Waals surface area contributed by atoms with Crippen molar-refractivity contribution in [2.75, 3.05) is 0 Å². The van der Waals surface area contributed by atoms with Crippen molar-refractivity contribution >= 4 is 0 Å². The first-order valence-electron chi connectivity index (χ1n) is 2.82. The van der Waals surface area contributed by atoms with E-state index in [1.54, 1.807) is 0 Å². The van der Waals surface area contributed by atoms with Crippen LogP contribution in [-0.4, -0.2) is 0 Å². The van der Waals surface area contributed by atoms with E-state index in [0.717, 1.165) is 12.1 Å². The maximum Gasteiger partial charge on any atom is 1.00 e. The van der Waals surface area contributed by atoms with E-state index in [-0.39, 0.29) is 41.7 Å². The molecule has 0 aliphatic carbocycles. The van der Waals surface area contributed by atoms with E-state index in [2.05, 4.69) is 0 Å². The molecule has 0 saturated heterocycles. The summed E-state index contributed by atoms with van der Waals surface area (Å²) < 4.78 is 24.7. The quantitative estimate of drug-likeness (QED) is 0.502. The fourth-order valence-electron chi connectivity index (χ4n) is 0.665. The summed E-state index contributed by atoms with van der Waals surface area (Å²) in [5.74, 6) is -1.25. The van der Waals surface area contributed by atoms with Crippen LogP contribution in [0.3, 0.4) is 0 Å². The minimum atomic E-state index is -0.644. The first-order chi connectivity index (χ1) is 4.74. The van der Waals surface area contributed by atoms with E-state index >= 15 is 0 Å². The molecule has 0 aliphatic rings. The summed E-state index contributed by atoms with van der Waals surface area (Å²) in [6.45, 7) is -0.147. The van der Waals surface area contributed by atoms with Gasteiger partial charge in [-0.2, -0.15) is 0 Å². The van der Waals surface area contributed by atoms with Gasteiger partial charge in [-0.25, -0.2) is 8.78 Å². The van der Waals surface area contributed by atoms with Gasteiger partial charge in [0.2, 0.25) is 0 Å². The molecule has 4 heteroatoms. The van der Waals surface area contributed by atoms with E-state index < -0.39 is 11.6 Å². The fourth-order valence-corrected chi connectivity index (χ4v) is 0.665. The van der Waals surface area contributed by atoms with Crippen molar-refractivity contribution in [3.8, 4) is 0 Å². The molecule has 1 nitrogen and oxygen atoms in total. The second kappa shape index (κ2) is 4.83. The number of hydrogen-bond donors (Lipinski definition) is 0. The Kier molecular flexibility index (Phi) is 4.84. The Balaban J connectivity index is 0.000001000. The molecule has 0 fully saturated rings. The molecule has 0 unspecified atom stereocenters. The zero-order valence-corrected chi connectivity index (χ0v) is 8.20. The average molecular weight is 165 g/mol. The molecule has 0 aliphatic heterocycles. The third kappa shape index (κ3) is 2.87. The predicted octanol–water partition coefficient (Wildman–Crippen LogP) is -0.479. The minimum absolute atomic E-state index is 0. The molecule has 1 N–H and O–H groups in total. The van der Waals surface area contributed by atoms with Crippen LogP contribution in [-0.2, 0) is 6.54 Å². The van der Waals surface area contributed by atoms with Gasteiger partial charge in [-0.1, -0.05) is 6.07 Å². The smallest absolute Gasteiger partial charge is 0.674 e. The van der Waals surface area contributed by atoms with Crippen LogP contribution < -0.4 is 29.6 Å². The summed E-state index contributed by atoms with van der Waals surface area (Å²) >= 11 is 0. The van der Waals surface area contributed by atoms with Crippen molar-refractivity contribution in [3.63, 3.8) is 0 Å². The molecule has 1 rings (SSSR count). The third-order valence-electron chi connectivity index (χ3n) is 1.21. The molecule has 1 aromatic carbocycles. The largest absolute Gasteiger partial charge is 1.00 e. The van der Waals surface area contributed by atoms with Crippen LogP contribution in [0.15, 0.2) is 18.2 Å². The van der Waals surface area contributed by atoms with Crippen molar-refractivity contribution in [1.29, 1.82) is 0 Å². The molecule has 0 aromatic heterocycles. The predicted molar refractivity (Wildman–Crippen MR) is 34.4 cm³/mol. The number of rotatable bonds is 1. The zero-order chi connectivity index (χ0) is 7.56. The van der Waals surface area contributed by atoms with Gasteiger partial charge in [0.25, 0.3) is 0 Å². The number of nitrogens with one attached hydrogen (secondary N) is 1. The van der Waals surface area contributed by atoms with Gasteiger partial charge < -0.3 is 5.73 Å². The number of hydrogen-bond acceptors (Lipinski definition) is 0. The topological polar surface area (TPSA) is 23.8 Å². The van der Waals surface area contributed by atoms with Gasteiger partial charge in [0, 0.05) is 6.07 Å². The van der Waals surface area contributed by atoms with Crippen molar-refractivity contribution < 1.29 is 38.3 Å². The third-order valence-corrected chi connectivity index (χ3v) is 1.21. The summed E-state index contributed by atoms with van der Waals surface area (Å²) in [5, 5.41) is 0. The van der Waals surface area contributed by atoms with Gasteiger partial charge in [-0.3, -0.25) is 0 Å². The van der Waals surface area contributed by atoms with Crippen LogP contribution in [0.2, 0.25) is 0 Å². The van der Waals surface area contributed by atoms with Crippen molar-refractivity contribution in [2.24, 2.45) is 0 Å². The first-order valence-corrected chi connectivity index (χ1v) is 2.82. The second-order valence-electron chi connectivity index (χ2n) is 1.91. The van der Waals surface area contributed by atoms with Crippen LogP contribution in [0.4, 0.5) is 8.78 Å². The normalized spacial score (nSPS) is 9.00. The molecule has 0 amide bonds. The average Bonchev–Trinajstić information content (AvgIpc) is 1.88. The van der Waals surface area contributed by atoms with E-state index in [0.29, 0.717) is 0 Å². The molecular weight excluding hydrogens is 159 g/mol. The van der Waals surface area contributed by atoms with Crippen molar-refractivity contribution in [2.45, 2.75) is 6.54 Å². The standard InChI is InChI=1S/C7H6F2N.Na/c8-6-2-1-5(4-10)7(9)3-6;/h1-3,10H,4H2;/q-1;+1. The second-order valence-corrected chi connectivity index (χ2v) is 1.91. The van der Waals surface area contributed by atoms with Gasteiger partial charge in [-0.15, -0.1) is 6.54 Å². The molecule has 0 heterocycles. The van der Waals surface area contributed by atoms with Crippen LogP contribution >= 0.6 is 0 Å². The van der Waals surface area contributed by atoms with Crippen molar-refractivity contribution in [3.05, 3.63) is 41.1 Å². The summed E-state index contributed by atoms with van der Waals surface area (Å²) in [7, 11) is 0. The molecule has 0 spiro atoms. The monoisotopic (exact) mass is 165 g/mol. The molecule has 0 atom stereocenters. The van der Waals surface area contributed by atoms with Gasteiger partial charge in [0.15, 0.2) is 0 Å². The Morgan fingerprint density at radius 3 is 2.36 bits per heavy atom. The van der Waals surface area contributed by atoms with E-state index in [1.165, 1.54) is 6.07 Å². The summed E-state index contributed by atoms with van der Waals surface area (Å²) in [6, 6.07) is 3.20. The van der Waals surface area contributed by atoms with Gasteiger partial charge >= 0.3 is 29.6 Å². The summed E-state index contributed by atoms with van der Waals surface area (Å²) in [5.41, 5.74) is 7.02. The van der Waals surface area contributed by atoms with E-state index in [1.807, 2.05) is 0 Å². The Hall–Kier alpha value is 0.0400.